The second-order valence-electron chi connectivity index (χ2n) is 8.13. The number of aryl methyl sites for hydroxylation is 1. The standard InChI is InChI=1S/C21H30N2O2S/c1-23(2)15-4-6-16(7-5-15)25-21-20-17-13-14(10-12-24)3-8-18(17)26-19(20)9-11-22-21/h9,11,14-16,24H,3-8,10,12-13H2,1-2H3/t14-,15?,16?/m1/s1. The fourth-order valence-corrected chi connectivity index (χ4v) is 5.86. The lowest BCUT2D eigenvalue weighted by Gasteiger charge is -2.32. The van der Waals surface area contributed by atoms with Crippen LogP contribution in [0.2, 0.25) is 0 Å². The van der Waals surface area contributed by atoms with Crippen LogP contribution in [0.3, 0.4) is 0 Å². The predicted molar refractivity (Wildman–Crippen MR) is 107 cm³/mol. The topological polar surface area (TPSA) is 45.6 Å². The smallest absolute Gasteiger partial charge is 0.222 e. The summed E-state index contributed by atoms with van der Waals surface area (Å²) in [6, 6.07) is 2.82. The monoisotopic (exact) mass is 374 g/mol. The van der Waals surface area contributed by atoms with E-state index < -0.39 is 0 Å². The molecule has 0 amide bonds. The number of nitrogens with zero attached hydrogens (tertiary/aromatic N) is 2. The van der Waals surface area contributed by atoms with E-state index >= 15 is 0 Å². The van der Waals surface area contributed by atoms with Crippen LogP contribution in [0.15, 0.2) is 12.3 Å². The minimum Gasteiger partial charge on any atom is -0.474 e. The first-order chi connectivity index (χ1) is 12.7. The summed E-state index contributed by atoms with van der Waals surface area (Å²) in [7, 11) is 4.35. The van der Waals surface area contributed by atoms with Gasteiger partial charge in [-0.05, 0) is 83.0 Å². The van der Waals surface area contributed by atoms with Crippen LogP contribution in [0.25, 0.3) is 10.1 Å². The van der Waals surface area contributed by atoms with Crippen LogP contribution in [0.4, 0.5) is 0 Å². The van der Waals surface area contributed by atoms with E-state index in [4.69, 9.17) is 4.74 Å². The number of hydrogen-bond donors (Lipinski definition) is 1. The Labute approximate surface area is 160 Å². The lowest BCUT2D eigenvalue weighted by atomic mass is 9.85. The zero-order valence-corrected chi connectivity index (χ0v) is 16.7. The summed E-state index contributed by atoms with van der Waals surface area (Å²) in [5.74, 6) is 1.44. The van der Waals surface area contributed by atoms with Crippen molar-refractivity contribution in [1.82, 2.24) is 9.88 Å². The molecular formula is C21H30N2O2S. The quantitative estimate of drug-likeness (QED) is 0.858. The molecule has 0 unspecified atom stereocenters. The van der Waals surface area contributed by atoms with Gasteiger partial charge in [0.05, 0.1) is 5.39 Å². The van der Waals surface area contributed by atoms with Crippen LogP contribution < -0.4 is 4.74 Å². The lowest BCUT2D eigenvalue weighted by molar-refractivity contribution is 0.108. The summed E-state index contributed by atoms with van der Waals surface area (Å²) in [5.41, 5.74) is 1.44. The average molecular weight is 375 g/mol. The first-order valence-electron chi connectivity index (χ1n) is 9.99. The van der Waals surface area contributed by atoms with Crippen molar-refractivity contribution in [3.63, 3.8) is 0 Å². The Morgan fingerprint density at radius 1 is 1.23 bits per heavy atom. The Morgan fingerprint density at radius 3 is 2.77 bits per heavy atom. The minimum atomic E-state index is 0.289. The van der Waals surface area contributed by atoms with Crippen LogP contribution in [0.1, 0.15) is 49.0 Å². The Kier molecular flexibility index (Phi) is 5.48. The Balaban J connectivity index is 1.56. The number of aliphatic hydroxyl groups is 1. The molecule has 1 N–H and O–H groups in total. The van der Waals surface area contributed by atoms with Crippen molar-refractivity contribution in [3.8, 4) is 5.88 Å². The van der Waals surface area contributed by atoms with Crippen molar-refractivity contribution in [3.05, 3.63) is 22.7 Å². The van der Waals surface area contributed by atoms with Crippen molar-refractivity contribution in [2.24, 2.45) is 5.92 Å². The van der Waals surface area contributed by atoms with Gasteiger partial charge in [0.15, 0.2) is 0 Å². The molecule has 1 fully saturated rings. The van der Waals surface area contributed by atoms with Gasteiger partial charge in [-0.2, -0.15) is 0 Å². The van der Waals surface area contributed by atoms with Gasteiger partial charge in [-0.3, -0.25) is 0 Å². The number of hydrogen-bond acceptors (Lipinski definition) is 5. The van der Waals surface area contributed by atoms with Gasteiger partial charge in [-0.25, -0.2) is 4.98 Å². The van der Waals surface area contributed by atoms with E-state index in [1.54, 1.807) is 0 Å². The summed E-state index contributed by atoms with van der Waals surface area (Å²) in [4.78, 5) is 8.47. The number of ether oxygens (including phenoxy) is 1. The molecule has 2 aromatic heterocycles. The maximum atomic E-state index is 9.32. The molecule has 0 bridgehead atoms. The van der Waals surface area contributed by atoms with Crippen molar-refractivity contribution in [1.29, 1.82) is 0 Å². The number of thiophene rings is 1. The molecule has 2 aliphatic carbocycles. The normalized spacial score (nSPS) is 26.2. The molecule has 26 heavy (non-hydrogen) atoms. The van der Waals surface area contributed by atoms with Gasteiger partial charge >= 0.3 is 0 Å². The summed E-state index contributed by atoms with van der Waals surface area (Å²) >= 11 is 1.91. The highest BCUT2D eigenvalue weighted by molar-refractivity contribution is 7.19. The first kappa shape index (κ1) is 18.2. The summed E-state index contributed by atoms with van der Waals surface area (Å²) < 4.78 is 7.76. The van der Waals surface area contributed by atoms with Crippen LogP contribution in [0, 0.1) is 5.92 Å². The molecule has 2 aliphatic rings. The van der Waals surface area contributed by atoms with E-state index in [0.717, 1.165) is 38.0 Å². The first-order valence-corrected chi connectivity index (χ1v) is 10.8. The van der Waals surface area contributed by atoms with Gasteiger partial charge < -0.3 is 14.7 Å². The third-order valence-corrected chi connectivity index (χ3v) is 7.47. The van der Waals surface area contributed by atoms with Crippen molar-refractivity contribution in [2.75, 3.05) is 20.7 Å². The van der Waals surface area contributed by atoms with E-state index in [1.807, 2.05) is 17.5 Å². The fourth-order valence-electron chi connectivity index (χ4n) is 4.62. The number of pyridine rings is 1. The van der Waals surface area contributed by atoms with Crippen molar-refractivity contribution in [2.45, 2.75) is 63.5 Å². The summed E-state index contributed by atoms with van der Waals surface area (Å²) in [6.45, 7) is 0.290. The zero-order valence-electron chi connectivity index (χ0n) is 15.9. The van der Waals surface area contributed by atoms with E-state index in [2.05, 4.69) is 30.0 Å². The Hall–Kier alpha value is -1.17. The molecule has 4 rings (SSSR count). The highest BCUT2D eigenvalue weighted by atomic mass is 32.1. The second kappa shape index (κ2) is 7.83. The predicted octanol–water partition coefficient (Wildman–Crippen LogP) is 4.04. The van der Waals surface area contributed by atoms with E-state index in [9.17, 15) is 5.11 Å². The molecule has 1 atom stereocenters. The third kappa shape index (κ3) is 3.62. The Bertz CT molecular complexity index is 750. The molecule has 1 saturated carbocycles. The van der Waals surface area contributed by atoms with Crippen LogP contribution in [0.5, 0.6) is 5.88 Å². The lowest BCUT2D eigenvalue weighted by Crippen LogP contribution is -2.35. The summed E-state index contributed by atoms with van der Waals surface area (Å²) in [6.07, 6.45) is 11.1. The molecule has 2 aromatic rings. The van der Waals surface area contributed by atoms with E-state index in [-0.39, 0.29) is 6.10 Å². The number of aromatic nitrogens is 1. The molecule has 2 heterocycles. The van der Waals surface area contributed by atoms with Gasteiger partial charge in [0, 0.05) is 28.4 Å². The zero-order chi connectivity index (χ0) is 18.1. The van der Waals surface area contributed by atoms with Crippen LogP contribution in [-0.2, 0) is 12.8 Å². The molecule has 4 nitrogen and oxygen atoms in total. The molecular weight excluding hydrogens is 344 g/mol. The molecule has 0 aliphatic heterocycles. The van der Waals surface area contributed by atoms with Gasteiger partial charge in [-0.15, -0.1) is 11.3 Å². The molecule has 0 saturated heterocycles. The molecule has 142 valence electrons. The fraction of sp³-hybridized carbons (Fsp3) is 0.667. The van der Waals surface area contributed by atoms with Gasteiger partial charge in [0.1, 0.15) is 6.10 Å². The maximum Gasteiger partial charge on any atom is 0.222 e. The van der Waals surface area contributed by atoms with Gasteiger partial charge in [0.25, 0.3) is 0 Å². The molecule has 0 spiro atoms. The van der Waals surface area contributed by atoms with Crippen molar-refractivity contribution >= 4 is 21.4 Å². The summed E-state index contributed by atoms with van der Waals surface area (Å²) in [5, 5.41) is 10.6. The van der Waals surface area contributed by atoms with E-state index in [1.165, 1.54) is 39.8 Å². The highest BCUT2D eigenvalue weighted by Gasteiger charge is 2.27. The minimum absolute atomic E-state index is 0.289. The largest absolute Gasteiger partial charge is 0.474 e. The van der Waals surface area contributed by atoms with E-state index in [0.29, 0.717) is 18.6 Å². The Morgan fingerprint density at radius 2 is 2.04 bits per heavy atom. The van der Waals surface area contributed by atoms with Crippen molar-refractivity contribution < 1.29 is 9.84 Å². The SMILES string of the molecule is CN(C)C1CCC(Oc2nccc3sc4c(c23)C[C@@H](CCO)CC4)CC1. The molecule has 5 heteroatoms. The van der Waals surface area contributed by atoms with Gasteiger partial charge in [-0.1, -0.05) is 0 Å². The van der Waals surface area contributed by atoms with Gasteiger partial charge in [0.2, 0.25) is 5.88 Å². The third-order valence-electron chi connectivity index (χ3n) is 6.21. The van der Waals surface area contributed by atoms with Crippen LogP contribution in [-0.4, -0.2) is 47.8 Å². The second-order valence-corrected chi connectivity index (χ2v) is 9.26. The molecule has 0 aromatic carbocycles. The number of rotatable bonds is 5. The number of fused-ring (bicyclic) bond motifs is 3. The van der Waals surface area contributed by atoms with Crippen LogP contribution >= 0.6 is 11.3 Å². The molecule has 0 radical (unpaired) electrons. The maximum absolute atomic E-state index is 9.32. The number of aliphatic hydroxyl groups excluding tert-OH is 1. The average Bonchev–Trinajstić information content (AvgIpc) is 3.01. The highest BCUT2D eigenvalue weighted by Crippen LogP contribution is 2.42.